The van der Waals surface area contributed by atoms with Crippen molar-refractivity contribution < 1.29 is 9.59 Å². The largest absolute Gasteiger partial charge is 0.325 e. The van der Waals surface area contributed by atoms with Crippen LogP contribution < -0.4 is 10.6 Å². The van der Waals surface area contributed by atoms with Crippen LogP contribution in [0.5, 0.6) is 0 Å². The molecule has 0 aromatic carbocycles. The minimum atomic E-state index is -0.553. The molecule has 0 atom stereocenters. The fraction of sp³-hybridized carbons (Fsp3) is 0.846. The minimum absolute atomic E-state index is 0.00505. The standard InChI is InChI=1S/C13H23N3O2/c1-10(2)14-8-5-9-16-11(17)13(15-12(16)18)6-3-4-7-13/h10,14H,3-9H2,1-2H3,(H,15,18). The second-order valence-corrected chi connectivity index (χ2v) is 5.64. The summed E-state index contributed by atoms with van der Waals surface area (Å²) in [4.78, 5) is 25.5. The van der Waals surface area contributed by atoms with Crippen LogP contribution in [0.25, 0.3) is 0 Å². The second kappa shape index (κ2) is 5.26. The fourth-order valence-corrected chi connectivity index (χ4v) is 2.82. The average Bonchev–Trinajstić information content (AvgIpc) is 2.85. The van der Waals surface area contributed by atoms with Gasteiger partial charge in [-0.25, -0.2) is 4.79 Å². The van der Waals surface area contributed by atoms with E-state index in [1.165, 1.54) is 4.90 Å². The van der Waals surface area contributed by atoms with E-state index in [0.29, 0.717) is 12.6 Å². The number of rotatable bonds is 5. The van der Waals surface area contributed by atoms with Gasteiger partial charge in [0, 0.05) is 12.6 Å². The van der Waals surface area contributed by atoms with E-state index in [1.54, 1.807) is 0 Å². The third kappa shape index (κ3) is 2.51. The lowest BCUT2D eigenvalue weighted by atomic mass is 9.98. The lowest BCUT2D eigenvalue weighted by Gasteiger charge is -2.20. The minimum Gasteiger partial charge on any atom is -0.323 e. The van der Waals surface area contributed by atoms with E-state index < -0.39 is 5.54 Å². The smallest absolute Gasteiger partial charge is 0.323 e. The molecule has 3 amide bonds. The molecule has 0 bridgehead atoms. The molecule has 1 spiro atoms. The zero-order valence-electron chi connectivity index (χ0n) is 11.3. The summed E-state index contributed by atoms with van der Waals surface area (Å²) in [6, 6.07) is 0.237. The Morgan fingerprint density at radius 3 is 2.61 bits per heavy atom. The van der Waals surface area contributed by atoms with Crippen LogP contribution in [-0.4, -0.2) is 41.5 Å². The van der Waals surface area contributed by atoms with Gasteiger partial charge in [-0.2, -0.15) is 0 Å². The van der Waals surface area contributed by atoms with Gasteiger partial charge in [-0.1, -0.05) is 26.7 Å². The predicted molar refractivity (Wildman–Crippen MR) is 69.2 cm³/mol. The molecule has 0 unspecified atom stereocenters. The highest BCUT2D eigenvalue weighted by atomic mass is 16.2. The molecule has 1 aliphatic heterocycles. The topological polar surface area (TPSA) is 61.4 Å². The van der Waals surface area contributed by atoms with Crippen molar-refractivity contribution in [2.45, 2.75) is 57.5 Å². The third-order valence-electron chi connectivity index (χ3n) is 3.81. The summed E-state index contributed by atoms with van der Waals surface area (Å²) in [5.41, 5.74) is -0.553. The summed E-state index contributed by atoms with van der Waals surface area (Å²) in [5, 5.41) is 6.19. The van der Waals surface area contributed by atoms with Crippen LogP contribution >= 0.6 is 0 Å². The van der Waals surface area contributed by atoms with E-state index in [2.05, 4.69) is 24.5 Å². The molecule has 1 saturated heterocycles. The summed E-state index contributed by atoms with van der Waals surface area (Å²) in [7, 11) is 0. The zero-order chi connectivity index (χ0) is 13.2. The maximum atomic E-state index is 12.3. The zero-order valence-corrected chi connectivity index (χ0v) is 11.3. The molecule has 1 aliphatic carbocycles. The number of urea groups is 1. The predicted octanol–water partition coefficient (Wildman–Crippen LogP) is 1.24. The number of nitrogens with one attached hydrogen (secondary N) is 2. The Labute approximate surface area is 108 Å². The number of amides is 3. The number of hydrogen-bond donors (Lipinski definition) is 2. The van der Waals surface area contributed by atoms with Crippen LogP contribution in [0, 0.1) is 0 Å². The summed E-state index contributed by atoms with van der Waals surface area (Å²) in [5.74, 6) is -0.00505. The molecule has 0 aromatic heterocycles. The van der Waals surface area contributed by atoms with Crippen LogP contribution in [-0.2, 0) is 4.79 Å². The highest BCUT2D eigenvalue weighted by molar-refractivity contribution is 6.07. The van der Waals surface area contributed by atoms with Gasteiger partial charge in [-0.15, -0.1) is 0 Å². The van der Waals surface area contributed by atoms with E-state index in [4.69, 9.17) is 0 Å². The van der Waals surface area contributed by atoms with Crippen molar-refractivity contribution in [2.24, 2.45) is 0 Å². The van der Waals surface area contributed by atoms with Crippen molar-refractivity contribution in [2.75, 3.05) is 13.1 Å². The van der Waals surface area contributed by atoms with Gasteiger partial charge in [0.1, 0.15) is 5.54 Å². The molecule has 2 N–H and O–H groups in total. The summed E-state index contributed by atoms with van der Waals surface area (Å²) < 4.78 is 0. The monoisotopic (exact) mass is 253 g/mol. The Bertz CT molecular complexity index is 335. The maximum absolute atomic E-state index is 12.3. The number of nitrogens with zero attached hydrogens (tertiary/aromatic N) is 1. The van der Waals surface area contributed by atoms with Crippen LogP contribution in [0.1, 0.15) is 46.0 Å². The van der Waals surface area contributed by atoms with Crippen molar-refractivity contribution in [3.8, 4) is 0 Å². The fourth-order valence-electron chi connectivity index (χ4n) is 2.82. The molecule has 2 aliphatic rings. The van der Waals surface area contributed by atoms with Gasteiger partial charge >= 0.3 is 6.03 Å². The van der Waals surface area contributed by atoms with E-state index in [0.717, 1.165) is 38.6 Å². The van der Waals surface area contributed by atoms with Crippen molar-refractivity contribution in [1.29, 1.82) is 0 Å². The number of carbonyl (C=O) groups is 2. The van der Waals surface area contributed by atoms with Gasteiger partial charge in [0.15, 0.2) is 0 Å². The summed E-state index contributed by atoms with van der Waals surface area (Å²) in [6.45, 7) is 5.52. The lowest BCUT2D eigenvalue weighted by Crippen LogP contribution is -2.44. The van der Waals surface area contributed by atoms with E-state index >= 15 is 0 Å². The number of imide groups is 1. The third-order valence-corrected chi connectivity index (χ3v) is 3.81. The molecule has 102 valence electrons. The average molecular weight is 253 g/mol. The molecule has 0 aromatic rings. The summed E-state index contributed by atoms with van der Waals surface area (Å²) in [6.07, 6.45) is 4.49. The second-order valence-electron chi connectivity index (χ2n) is 5.64. The first-order valence-corrected chi connectivity index (χ1v) is 6.93. The number of hydrogen-bond acceptors (Lipinski definition) is 3. The molecule has 0 radical (unpaired) electrons. The Hall–Kier alpha value is -1.10. The quantitative estimate of drug-likeness (QED) is 0.572. The molecule has 1 saturated carbocycles. The molecular formula is C13H23N3O2. The first-order chi connectivity index (χ1) is 8.55. The lowest BCUT2D eigenvalue weighted by molar-refractivity contribution is -0.131. The highest BCUT2D eigenvalue weighted by Crippen LogP contribution is 2.34. The van der Waals surface area contributed by atoms with E-state index in [9.17, 15) is 9.59 Å². The SMILES string of the molecule is CC(C)NCCCN1C(=O)NC2(CCCC2)C1=O. The van der Waals surface area contributed by atoms with Gasteiger partial charge in [0.25, 0.3) is 5.91 Å². The van der Waals surface area contributed by atoms with Gasteiger partial charge in [-0.05, 0) is 25.8 Å². The molecule has 18 heavy (non-hydrogen) atoms. The van der Waals surface area contributed by atoms with Crippen LogP contribution in [0.3, 0.4) is 0 Å². The van der Waals surface area contributed by atoms with Gasteiger partial charge in [-0.3, -0.25) is 9.69 Å². The van der Waals surface area contributed by atoms with Crippen LogP contribution in [0.15, 0.2) is 0 Å². The van der Waals surface area contributed by atoms with Gasteiger partial charge < -0.3 is 10.6 Å². The van der Waals surface area contributed by atoms with Crippen LogP contribution in [0.4, 0.5) is 4.79 Å². The molecular weight excluding hydrogens is 230 g/mol. The maximum Gasteiger partial charge on any atom is 0.325 e. The van der Waals surface area contributed by atoms with Crippen molar-refractivity contribution in [1.82, 2.24) is 15.5 Å². The first kappa shape index (κ1) is 13.3. The van der Waals surface area contributed by atoms with E-state index in [1.807, 2.05) is 0 Å². The Morgan fingerprint density at radius 2 is 2.00 bits per heavy atom. The Kier molecular flexibility index (Phi) is 3.90. The van der Waals surface area contributed by atoms with Crippen molar-refractivity contribution in [3.05, 3.63) is 0 Å². The molecule has 2 fully saturated rings. The summed E-state index contributed by atoms with van der Waals surface area (Å²) >= 11 is 0. The molecule has 5 nitrogen and oxygen atoms in total. The first-order valence-electron chi connectivity index (χ1n) is 6.93. The Balaban J connectivity index is 1.85. The molecule has 5 heteroatoms. The van der Waals surface area contributed by atoms with Crippen LogP contribution in [0.2, 0.25) is 0 Å². The van der Waals surface area contributed by atoms with E-state index in [-0.39, 0.29) is 11.9 Å². The van der Waals surface area contributed by atoms with Gasteiger partial charge in [0.05, 0.1) is 0 Å². The normalized spacial score (nSPS) is 22.3. The highest BCUT2D eigenvalue weighted by Gasteiger charge is 2.51. The van der Waals surface area contributed by atoms with Gasteiger partial charge in [0.2, 0.25) is 0 Å². The molecule has 2 rings (SSSR count). The van der Waals surface area contributed by atoms with Crippen molar-refractivity contribution in [3.63, 3.8) is 0 Å². The molecule has 1 heterocycles. The number of carbonyl (C=O) groups excluding carboxylic acids is 2. The Morgan fingerprint density at radius 1 is 1.33 bits per heavy atom. The van der Waals surface area contributed by atoms with Crippen molar-refractivity contribution >= 4 is 11.9 Å².